The predicted molar refractivity (Wildman–Crippen MR) is 62.0 cm³/mol. The number of aromatic nitrogens is 2. The van der Waals surface area contributed by atoms with Crippen molar-refractivity contribution >= 4 is 21.6 Å². The van der Waals surface area contributed by atoms with Gasteiger partial charge in [-0.15, -0.1) is 0 Å². The van der Waals surface area contributed by atoms with Crippen LogP contribution in [0.25, 0.3) is 16.1 Å². The molecule has 0 radical (unpaired) electrons. The zero-order chi connectivity index (χ0) is 11.5. The second-order valence-electron chi connectivity index (χ2n) is 3.05. The number of hydrogen-bond donors (Lipinski definition) is 0. The van der Waals surface area contributed by atoms with E-state index in [0.717, 1.165) is 4.47 Å². The third kappa shape index (κ3) is 2.05. The largest absolute Gasteiger partial charge is 0.269 e. The molecule has 0 atom stereocenters. The van der Waals surface area contributed by atoms with Gasteiger partial charge in [-0.05, 0) is 33.6 Å². The molecule has 0 aliphatic rings. The Bertz CT molecular complexity index is 644. The molecule has 6 nitrogen and oxygen atoms in total. The van der Waals surface area contributed by atoms with Crippen LogP contribution >= 0.6 is 15.9 Å². The second-order valence-corrected chi connectivity index (χ2v) is 3.97. The Hall–Kier alpha value is -1.85. The first kappa shape index (κ1) is 10.7. The van der Waals surface area contributed by atoms with Crippen molar-refractivity contribution in [2.45, 2.75) is 6.54 Å². The average molecular weight is 280 g/mol. The fourth-order valence-corrected chi connectivity index (χ4v) is 1.65. The van der Waals surface area contributed by atoms with Gasteiger partial charge in [-0.3, -0.25) is 9.20 Å². The zero-order valence-corrected chi connectivity index (χ0v) is 9.62. The molecule has 0 amide bonds. The third-order valence-corrected chi connectivity index (χ3v) is 2.44. The first-order chi connectivity index (χ1) is 7.70. The summed E-state index contributed by atoms with van der Waals surface area (Å²) < 4.78 is 2.22. The summed E-state index contributed by atoms with van der Waals surface area (Å²) in [6.45, 7) is 0.0817. The normalized spacial score (nSPS) is 10.1. The summed E-state index contributed by atoms with van der Waals surface area (Å²) in [5, 5.41) is 3.37. The minimum absolute atomic E-state index is 0.0817. The molecule has 7 heteroatoms. The maximum absolute atomic E-state index is 11.7. The van der Waals surface area contributed by atoms with Gasteiger partial charge in [0.1, 0.15) is 5.65 Å². The number of rotatable bonds is 2. The number of pyridine rings is 1. The Balaban J connectivity index is 2.63. The van der Waals surface area contributed by atoms with Crippen molar-refractivity contribution in [2.75, 3.05) is 0 Å². The molecular weight excluding hydrogens is 274 g/mol. The molecule has 0 aliphatic carbocycles. The molecule has 16 heavy (non-hydrogen) atoms. The van der Waals surface area contributed by atoms with Gasteiger partial charge in [-0.2, -0.15) is 0 Å². The summed E-state index contributed by atoms with van der Waals surface area (Å²) in [6, 6.07) is 4.86. The van der Waals surface area contributed by atoms with Crippen LogP contribution < -0.4 is 5.56 Å². The molecule has 80 valence electrons. The van der Waals surface area contributed by atoms with Crippen molar-refractivity contribution in [3.63, 3.8) is 0 Å². The van der Waals surface area contributed by atoms with Gasteiger partial charge in [-0.25, -0.2) is 4.98 Å². The Morgan fingerprint density at radius 1 is 1.56 bits per heavy atom. The van der Waals surface area contributed by atoms with E-state index in [1.54, 1.807) is 18.3 Å². The highest BCUT2D eigenvalue weighted by molar-refractivity contribution is 9.10. The van der Waals surface area contributed by atoms with Crippen molar-refractivity contribution in [3.8, 4) is 0 Å². The van der Waals surface area contributed by atoms with E-state index in [9.17, 15) is 4.79 Å². The molecule has 2 heterocycles. The van der Waals surface area contributed by atoms with E-state index in [1.807, 2.05) is 0 Å². The summed E-state index contributed by atoms with van der Waals surface area (Å²) in [5.74, 6) is 0. The molecular formula is C9H6BrN5O. The van der Waals surface area contributed by atoms with Gasteiger partial charge in [-0.1, -0.05) is 5.11 Å². The smallest absolute Gasteiger partial charge is 0.258 e. The van der Waals surface area contributed by atoms with Crippen LogP contribution in [0.3, 0.4) is 0 Å². The van der Waals surface area contributed by atoms with Crippen LogP contribution in [-0.2, 0) is 6.54 Å². The number of nitrogens with zero attached hydrogens (tertiary/aromatic N) is 5. The molecule has 0 spiro atoms. The van der Waals surface area contributed by atoms with Crippen molar-refractivity contribution in [1.82, 2.24) is 9.38 Å². The van der Waals surface area contributed by atoms with Crippen molar-refractivity contribution in [2.24, 2.45) is 5.11 Å². The third-order valence-electron chi connectivity index (χ3n) is 1.97. The van der Waals surface area contributed by atoms with Gasteiger partial charge in [0.2, 0.25) is 0 Å². The van der Waals surface area contributed by atoms with E-state index < -0.39 is 0 Å². The lowest BCUT2D eigenvalue weighted by Crippen LogP contribution is -2.15. The summed E-state index contributed by atoms with van der Waals surface area (Å²) >= 11 is 3.27. The van der Waals surface area contributed by atoms with Gasteiger partial charge < -0.3 is 0 Å². The molecule has 2 rings (SSSR count). The number of halogens is 1. The molecule has 2 aromatic heterocycles. The number of fused-ring (bicyclic) bond motifs is 1. The van der Waals surface area contributed by atoms with Crippen LogP contribution in [0.2, 0.25) is 0 Å². The molecule has 0 bridgehead atoms. The highest BCUT2D eigenvalue weighted by Gasteiger charge is 2.01. The van der Waals surface area contributed by atoms with Gasteiger partial charge in [0.25, 0.3) is 5.56 Å². The summed E-state index contributed by atoms with van der Waals surface area (Å²) in [4.78, 5) is 18.5. The van der Waals surface area contributed by atoms with Gasteiger partial charge >= 0.3 is 0 Å². The van der Waals surface area contributed by atoms with Crippen molar-refractivity contribution in [1.29, 1.82) is 0 Å². The molecule has 0 N–H and O–H groups in total. The second kappa shape index (κ2) is 4.34. The Kier molecular flexibility index (Phi) is 2.89. The molecule has 0 aliphatic heterocycles. The number of azide groups is 1. The van der Waals surface area contributed by atoms with E-state index in [-0.39, 0.29) is 12.1 Å². The fraction of sp³-hybridized carbons (Fsp3) is 0.111. The molecule has 0 unspecified atom stereocenters. The van der Waals surface area contributed by atoms with Crippen molar-refractivity contribution in [3.05, 3.63) is 55.4 Å². The number of hydrogen-bond acceptors (Lipinski definition) is 3. The monoisotopic (exact) mass is 279 g/mol. The van der Waals surface area contributed by atoms with E-state index in [4.69, 9.17) is 5.53 Å². The maximum Gasteiger partial charge on any atom is 0.258 e. The molecule has 0 aromatic carbocycles. The first-order valence-electron chi connectivity index (χ1n) is 4.39. The lowest BCUT2D eigenvalue weighted by molar-refractivity contribution is 0.933. The molecule has 0 saturated carbocycles. The lowest BCUT2D eigenvalue weighted by Gasteiger charge is -2.02. The van der Waals surface area contributed by atoms with Gasteiger partial charge in [0.05, 0.1) is 12.2 Å². The van der Waals surface area contributed by atoms with Crippen LogP contribution in [0.4, 0.5) is 0 Å². The van der Waals surface area contributed by atoms with Crippen LogP contribution in [0, 0.1) is 0 Å². The minimum Gasteiger partial charge on any atom is -0.269 e. The highest BCUT2D eigenvalue weighted by atomic mass is 79.9. The summed E-state index contributed by atoms with van der Waals surface area (Å²) in [5.41, 5.74) is 8.98. The van der Waals surface area contributed by atoms with E-state index in [1.165, 1.54) is 10.5 Å². The van der Waals surface area contributed by atoms with Crippen LogP contribution in [0.1, 0.15) is 5.69 Å². The first-order valence-corrected chi connectivity index (χ1v) is 5.19. The Morgan fingerprint density at radius 3 is 3.12 bits per heavy atom. The van der Waals surface area contributed by atoms with Crippen LogP contribution in [0.5, 0.6) is 0 Å². The quantitative estimate of drug-likeness (QED) is 0.480. The fourth-order valence-electron chi connectivity index (χ4n) is 1.31. The van der Waals surface area contributed by atoms with Crippen LogP contribution in [-0.4, -0.2) is 9.38 Å². The van der Waals surface area contributed by atoms with Gasteiger partial charge in [0.15, 0.2) is 0 Å². The van der Waals surface area contributed by atoms with E-state index in [0.29, 0.717) is 11.3 Å². The predicted octanol–water partition coefficient (Wildman–Crippen LogP) is 2.27. The maximum atomic E-state index is 11.7. The molecule has 0 saturated heterocycles. The Labute approximate surface area is 98.3 Å². The molecule has 2 aromatic rings. The standard InChI is InChI=1S/C9H6BrN5O/c10-6-1-2-8-13-7(4-12-14-11)3-9(16)15(8)5-6/h1-3,5H,4H2. The molecule has 0 fully saturated rings. The Morgan fingerprint density at radius 2 is 2.38 bits per heavy atom. The van der Waals surface area contributed by atoms with Crippen LogP contribution in [0.15, 0.2) is 38.8 Å². The van der Waals surface area contributed by atoms with E-state index in [2.05, 4.69) is 30.9 Å². The zero-order valence-electron chi connectivity index (χ0n) is 8.04. The SMILES string of the molecule is [N-]=[N+]=NCc1cc(=O)n2cc(Br)ccc2n1. The van der Waals surface area contributed by atoms with Crippen molar-refractivity contribution < 1.29 is 0 Å². The minimum atomic E-state index is -0.200. The summed E-state index contributed by atoms with van der Waals surface area (Å²) in [7, 11) is 0. The van der Waals surface area contributed by atoms with E-state index >= 15 is 0 Å². The average Bonchev–Trinajstić information content (AvgIpc) is 2.27. The lowest BCUT2D eigenvalue weighted by atomic mass is 10.4. The summed E-state index contributed by atoms with van der Waals surface area (Å²) in [6.07, 6.45) is 1.64. The topological polar surface area (TPSA) is 83.1 Å². The highest BCUT2D eigenvalue weighted by Crippen LogP contribution is 2.09. The van der Waals surface area contributed by atoms with Gasteiger partial charge in [0, 0.05) is 21.6 Å².